The molecule has 28 heavy (non-hydrogen) atoms. The van der Waals surface area contributed by atoms with Crippen molar-refractivity contribution in [1.82, 2.24) is 30.0 Å². The Hall–Kier alpha value is -2.77. The van der Waals surface area contributed by atoms with E-state index < -0.39 is 0 Å². The number of rotatable bonds is 4. The van der Waals surface area contributed by atoms with Crippen LogP contribution in [-0.4, -0.2) is 61.4 Å². The van der Waals surface area contributed by atoms with E-state index in [-0.39, 0.29) is 23.7 Å². The van der Waals surface area contributed by atoms with E-state index in [1.807, 2.05) is 17.2 Å². The summed E-state index contributed by atoms with van der Waals surface area (Å²) in [6.45, 7) is 2.13. The number of pyridine rings is 1. The van der Waals surface area contributed by atoms with Crippen LogP contribution < -0.4 is 0 Å². The lowest BCUT2D eigenvalue weighted by atomic mass is 9.90. The second-order valence-electron chi connectivity index (χ2n) is 7.66. The third-order valence-corrected chi connectivity index (χ3v) is 5.87. The number of nitrogens with zero attached hydrogens (tertiary/aromatic N) is 5. The highest BCUT2D eigenvalue weighted by Crippen LogP contribution is 2.32. The first-order chi connectivity index (χ1) is 13.7. The third kappa shape index (κ3) is 4.05. The first-order valence-corrected chi connectivity index (χ1v) is 10.1. The number of H-pyrrole nitrogens is 1. The Morgan fingerprint density at radius 3 is 2.71 bits per heavy atom. The molecule has 8 heteroatoms. The molecule has 0 aromatic carbocycles. The van der Waals surface area contributed by atoms with Gasteiger partial charge in [-0.3, -0.25) is 19.7 Å². The number of hydrogen-bond acceptors (Lipinski definition) is 5. The van der Waals surface area contributed by atoms with E-state index >= 15 is 0 Å². The van der Waals surface area contributed by atoms with Crippen molar-refractivity contribution in [3.8, 4) is 0 Å². The predicted octanol–water partition coefficient (Wildman–Crippen LogP) is 2.20. The van der Waals surface area contributed by atoms with Gasteiger partial charge in [0.1, 0.15) is 6.33 Å². The summed E-state index contributed by atoms with van der Waals surface area (Å²) in [5.74, 6) is 0.716. The van der Waals surface area contributed by atoms with Crippen LogP contribution in [0.4, 0.5) is 0 Å². The summed E-state index contributed by atoms with van der Waals surface area (Å²) in [6, 6.07) is 4.15. The van der Waals surface area contributed by atoms with Crippen LogP contribution in [0.2, 0.25) is 0 Å². The van der Waals surface area contributed by atoms with Gasteiger partial charge in [0.05, 0.1) is 6.04 Å². The van der Waals surface area contributed by atoms with E-state index in [0.717, 1.165) is 44.2 Å². The van der Waals surface area contributed by atoms with Crippen LogP contribution in [-0.2, 0) is 4.79 Å². The fourth-order valence-corrected chi connectivity index (χ4v) is 4.31. The molecule has 2 saturated heterocycles. The minimum Gasteiger partial charge on any atom is -0.336 e. The smallest absolute Gasteiger partial charge is 0.291 e. The molecule has 2 aromatic heterocycles. The highest BCUT2D eigenvalue weighted by molar-refractivity contribution is 5.90. The number of nitrogens with one attached hydrogen (secondary N) is 1. The lowest BCUT2D eigenvalue weighted by Crippen LogP contribution is -2.42. The lowest BCUT2D eigenvalue weighted by Gasteiger charge is -2.38. The molecule has 0 spiro atoms. The summed E-state index contributed by atoms with van der Waals surface area (Å²) < 4.78 is 0. The van der Waals surface area contributed by atoms with Gasteiger partial charge in [0, 0.05) is 38.4 Å². The standard InChI is InChI=1S/C20H26N6O2/c27-18(26-9-2-1-5-17(26)16-4-3-8-21-13-16)12-15-6-10-25(11-7-15)20(28)19-22-14-23-24-19/h3-4,8,13-15,17H,1-2,5-7,9-12H2,(H,22,23,24)/t17-/m1/s1. The Balaban J connectivity index is 1.33. The van der Waals surface area contributed by atoms with E-state index in [0.29, 0.717) is 25.4 Å². The van der Waals surface area contributed by atoms with Gasteiger partial charge in [-0.25, -0.2) is 4.98 Å². The SMILES string of the molecule is O=C(c1ncn[nH]1)N1CCC(CC(=O)N2CCCC[C@@H]2c2cccnc2)CC1. The zero-order valence-corrected chi connectivity index (χ0v) is 16.0. The third-order valence-electron chi connectivity index (χ3n) is 5.87. The molecule has 0 aliphatic carbocycles. The second kappa shape index (κ2) is 8.50. The van der Waals surface area contributed by atoms with Crippen LogP contribution in [0.15, 0.2) is 30.9 Å². The number of aromatic nitrogens is 4. The van der Waals surface area contributed by atoms with Crippen LogP contribution >= 0.6 is 0 Å². The van der Waals surface area contributed by atoms with E-state index in [4.69, 9.17) is 0 Å². The summed E-state index contributed by atoms with van der Waals surface area (Å²) >= 11 is 0. The van der Waals surface area contributed by atoms with Gasteiger partial charge in [-0.15, -0.1) is 0 Å². The summed E-state index contributed by atoms with van der Waals surface area (Å²) in [4.78, 5) is 37.4. The number of aromatic amines is 1. The largest absolute Gasteiger partial charge is 0.336 e. The first-order valence-electron chi connectivity index (χ1n) is 10.1. The summed E-state index contributed by atoms with van der Waals surface area (Å²) in [5, 5.41) is 6.36. The maximum absolute atomic E-state index is 13.1. The fraction of sp³-hybridized carbons (Fsp3) is 0.550. The minimum atomic E-state index is -0.116. The topological polar surface area (TPSA) is 95.1 Å². The van der Waals surface area contributed by atoms with Crippen LogP contribution in [0.25, 0.3) is 0 Å². The maximum atomic E-state index is 13.1. The predicted molar refractivity (Wildman–Crippen MR) is 102 cm³/mol. The molecule has 8 nitrogen and oxygen atoms in total. The molecule has 2 amide bonds. The second-order valence-corrected chi connectivity index (χ2v) is 7.66. The Kier molecular flexibility index (Phi) is 5.64. The van der Waals surface area contributed by atoms with Crippen molar-refractivity contribution in [3.63, 3.8) is 0 Å². The summed E-state index contributed by atoms with van der Waals surface area (Å²) in [7, 11) is 0. The van der Waals surface area contributed by atoms with Crippen LogP contribution in [0.5, 0.6) is 0 Å². The number of likely N-dealkylation sites (tertiary alicyclic amines) is 2. The Morgan fingerprint density at radius 1 is 1.14 bits per heavy atom. The van der Waals surface area contributed by atoms with Crippen molar-refractivity contribution < 1.29 is 9.59 Å². The highest BCUT2D eigenvalue weighted by Gasteiger charge is 2.31. The van der Waals surface area contributed by atoms with Gasteiger partial charge >= 0.3 is 0 Å². The molecule has 0 radical (unpaired) electrons. The molecule has 2 aliphatic rings. The van der Waals surface area contributed by atoms with Gasteiger partial charge in [0.15, 0.2) is 0 Å². The van der Waals surface area contributed by atoms with Gasteiger partial charge in [0.2, 0.25) is 11.7 Å². The van der Waals surface area contributed by atoms with Crippen LogP contribution in [0.1, 0.15) is 60.7 Å². The summed E-state index contributed by atoms with van der Waals surface area (Å²) in [6.07, 6.45) is 10.4. The molecular weight excluding hydrogens is 356 g/mol. The monoisotopic (exact) mass is 382 g/mol. The zero-order chi connectivity index (χ0) is 19.3. The molecule has 2 aromatic rings. The van der Waals surface area contributed by atoms with Crippen molar-refractivity contribution in [1.29, 1.82) is 0 Å². The maximum Gasteiger partial charge on any atom is 0.291 e. The quantitative estimate of drug-likeness (QED) is 0.875. The minimum absolute atomic E-state index is 0.116. The molecule has 2 fully saturated rings. The number of piperidine rings is 2. The van der Waals surface area contributed by atoms with Crippen molar-refractivity contribution in [3.05, 3.63) is 42.2 Å². The van der Waals surface area contributed by atoms with Crippen molar-refractivity contribution in [2.45, 2.75) is 44.6 Å². The van der Waals surface area contributed by atoms with Crippen molar-refractivity contribution in [2.24, 2.45) is 5.92 Å². The average molecular weight is 382 g/mol. The lowest BCUT2D eigenvalue weighted by molar-refractivity contribution is -0.136. The molecule has 148 valence electrons. The van der Waals surface area contributed by atoms with Gasteiger partial charge in [-0.05, 0) is 49.7 Å². The average Bonchev–Trinajstić information content (AvgIpc) is 3.29. The molecule has 0 unspecified atom stereocenters. The Labute approximate surface area is 164 Å². The number of carbonyl (C=O) groups is 2. The van der Waals surface area contributed by atoms with Gasteiger partial charge in [-0.2, -0.15) is 5.10 Å². The van der Waals surface area contributed by atoms with Gasteiger partial charge in [-0.1, -0.05) is 6.07 Å². The number of carbonyl (C=O) groups excluding carboxylic acids is 2. The molecule has 2 aliphatic heterocycles. The zero-order valence-electron chi connectivity index (χ0n) is 16.0. The number of hydrogen-bond donors (Lipinski definition) is 1. The van der Waals surface area contributed by atoms with E-state index in [1.54, 1.807) is 11.1 Å². The molecule has 4 heterocycles. The van der Waals surface area contributed by atoms with Crippen LogP contribution in [0, 0.1) is 5.92 Å². The fourth-order valence-electron chi connectivity index (χ4n) is 4.31. The first kappa shape index (κ1) is 18.6. The van der Waals surface area contributed by atoms with Crippen molar-refractivity contribution in [2.75, 3.05) is 19.6 Å². The normalized spacial score (nSPS) is 20.9. The van der Waals surface area contributed by atoms with E-state index in [1.165, 1.54) is 6.33 Å². The summed E-state index contributed by atoms with van der Waals surface area (Å²) in [5.41, 5.74) is 1.13. The van der Waals surface area contributed by atoms with Crippen molar-refractivity contribution >= 4 is 11.8 Å². The molecule has 4 rings (SSSR count). The molecule has 0 bridgehead atoms. The van der Waals surface area contributed by atoms with Gasteiger partial charge < -0.3 is 9.80 Å². The molecule has 1 N–H and O–H groups in total. The van der Waals surface area contributed by atoms with E-state index in [2.05, 4.69) is 26.2 Å². The Morgan fingerprint density at radius 2 is 2.00 bits per heavy atom. The molecule has 0 saturated carbocycles. The van der Waals surface area contributed by atoms with E-state index in [9.17, 15) is 9.59 Å². The number of amides is 2. The molecular formula is C20H26N6O2. The van der Waals surface area contributed by atoms with Gasteiger partial charge in [0.25, 0.3) is 5.91 Å². The molecule has 1 atom stereocenters. The Bertz CT molecular complexity index is 786. The highest BCUT2D eigenvalue weighted by atomic mass is 16.2. The van der Waals surface area contributed by atoms with Crippen LogP contribution in [0.3, 0.4) is 0 Å².